The number of urea groups is 1. The van der Waals surface area contributed by atoms with Crippen LogP contribution in [0.5, 0.6) is 0 Å². The molecule has 0 aromatic carbocycles. The van der Waals surface area contributed by atoms with Crippen LogP contribution in [0, 0.1) is 5.41 Å². The molecule has 1 fully saturated rings. The van der Waals surface area contributed by atoms with E-state index in [4.69, 9.17) is 5.11 Å². The number of amides is 2. The summed E-state index contributed by atoms with van der Waals surface area (Å²) in [6.45, 7) is 7.45. The summed E-state index contributed by atoms with van der Waals surface area (Å²) in [5, 5.41) is 14.6. The van der Waals surface area contributed by atoms with Crippen molar-refractivity contribution < 1.29 is 14.7 Å². The molecule has 0 aromatic rings. The van der Waals surface area contributed by atoms with E-state index in [1.807, 2.05) is 20.8 Å². The number of hydrogen-bond acceptors (Lipinski definition) is 3. The van der Waals surface area contributed by atoms with E-state index in [-0.39, 0.29) is 23.9 Å². The van der Waals surface area contributed by atoms with Crippen LogP contribution in [0.4, 0.5) is 4.79 Å². The summed E-state index contributed by atoms with van der Waals surface area (Å²) < 4.78 is 0. The highest BCUT2D eigenvalue weighted by Gasteiger charge is 2.28. The molecule has 0 aliphatic carbocycles. The fraction of sp³-hybridized carbons (Fsp3) is 0.867. The summed E-state index contributed by atoms with van der Waals surface area (Å²) in [4.78, 5) is 25.2. The first-order chi connectivity index (χ1) is 9.70. The van der Waals surface area contributed by atoms with Crippen molar-refractivity contribution in [2.45, 2.75) is 58.5 Å². The summed E-state index contributed by atoms with van der Waals surface area (Å²) in [5.74, 6) is -0.901. The number of hydrogen-bond donors (Lipinski definition) is 3. The van der Waals surface area contributed by atoms with E-state index in [9.17, 15) is 9.59 Å². The van der Waals surface area contributed by atoms with E-state index in [0.29, 0.717) is 12.6 Å². The molecule has 0 saturated carbocycles. The molecule has 1 saturated heterocycles. The van der Waals surface area contributed by atoms with E-state index in [0.717, 1.165) is 13.0 Å². The molecule has 1 aliphatic rings. The number of aliphatic carboxylic acids is 1. The van der Waals surface area contributed by atoms with Gasteiger partial charge in [-0.3, -0.25) is 4.79 Å². The van der Waals surface area contributed by atoms with Crippen molar-refractivity contribution in [2.75, 3.05) is 20.1 Å². The lowest BCUT2D eigenvalue weighted by atomic mass is 9.85. The predicted octanol–water partition coefficient (Wildman–Crippen LogP) is 1.66. The smallest absolute Gasteiger partial charge is 0.315 e. The minimum Gasteiger partial charge on any atom is -0.481 e. The Morgan fingerprint density at radius 2 is 2.00 bits per heavy atom. The molecule has 2 atom stereocenters. The first-order valence-corrected chi connectivity index (χ1v) is 7.66. The number of nitrogens with zero attached hydrogens (tertiary/aromatic N) is 1. The van der Waals surface area contributed by atoms with Gasteiger partial charge in [-0.05, 0) is 31.8 Å². The Balaban J connectivity index is 2.44. The van der Waals surface area contributed by atoms with Crippen molar-refractivity contribution in [3.8, 4) is 0 Å². The zero-order valence-corrected chi connectivity index (χ0v) is 13.6. The topological polar surface area (TPSA) is 81.7 Å². The average molecular weight is 299 g/mol. The molecule has 1 rings (SSSR count). The number of carbonyl (C=O) groups is 2. The van der Waals surface area contributed by atoms with Crippen molar-refractivity contribution >= 4 is 12.0 Å². The molecule has 21 heavy (non-hydrogen) atoms. The quantitative estimate of drug-likeness (QED) is 0.721. The number of carbonyl (C=O) groups excluding carboxylic acids is 1. The average Bonchev–Trinajstić information content (AvgIpc) is 2.35. The Morgan fingerprint density at radius 1 is 1.33 bits per heavy atom. The third kappa shape index (κ3) is 6.33. The third-order valence-electron chi connectivity index (χ3n) is 4.15. The molecule has 0 radical (unpaired) electrons. The molecule has 1 heterocycles. The van der Waals surface area contributed by atoms with Gasteiger partial charge in [-0.15, -0.1) is 0 Å². The first kappa shape index (κ1) is 17.8. The SMILES string of the molecule is CN1CCCCC1CNC(=O)NC(CC(=O)O)C(C)(C)C. The number of carboxylic acids is 1. The molecule has 3 N–H and O–H groups in total. The number of likely N-dealkylation sites (N-methyl/N-ethyl adjacent to an activating group) is 1. The highest BCUT2D eigenvalue weighted by Crippen LogP contribution is 2.21. The maximum Gasteiger partial charge on any atom is 0.315 e. The van der Waals surface area contributed by atoms with Gasteiger partial charge in [-0.1, -0.05) is 27.2 Å². The Labute approximate surface area is 127 Å². The minimum absolute atomic E-state index is 0.0692. The normalized spacial score (nSPS) is 21.6. The molecule has 0 bridgehead atoms. The van der Waals surface area contributed by atoms with E-state index < -0.39 is 5.97 Å². The number of rotatable bonds is 5. The van der Waals surface area contributed by atoms with E-state index in [1.165, 1.54) is 12.8 Å². The summed E-state index contributed by atoms with van der Waals surface area (Å²) >= 11 is 0. The van der Waals surface area contributed by atoms with Crippen LogP contribution in [0.25, 0.3) is 0 Å². The van der Waals surface area contributed by atoms with E-state index in [1.54, 1.807) is 0 Å². The second kappa shape index (κ2) is 7.64. The Morgan fingerprint density at radius 3 is 2.52 bits per heavy atom. The maximum atomic E-state index is 12.0. The van der Waals surface area contributed by atoms with Gasteiger partial charge in [0.05, 0.1) is 6.42 Å². The largest absolute Gasteiger partial charge is 0.481 e. The van der Waals surface area contributed by atoms with Crippen LogP contribution in [0.3, 0.4) is 0 Å². The van der Waals surface area contributed by atoms with Gasteiger partial charge in [0.1, 0.15) is 0 Å². The van der Waals surface area contributed by atoms with Gasteiger partial charge in [0, 0.05) is 18.6 Å². The Kier molecular flexibility index (Phi) is 6.45. The van der Waals surface area contributed by atoms with Crippen LogP contribution in [0.2, 0.25) is 0 Å². The number of piperidine rings is 1. The van der Waals surface area contributed by atoms with Crippen LogP contribution in [0.1, 0.15) is 46.5 Å². The van der Waals surface area contributed by atoms with Gasteiger partial charge in [0.25, 0.3) is 0 Å². The van der Waals surface area contributed by atoms with E-state index >= 15 is 0 Å². The van der Waals surface area contributed by atoms with Crippen molar-refractivity contribution in [1.82, 2.24) is 15.5 Å². The van der Waals surface area contributed by atoms with Gasteiger partial charge in [0.2, 0.25) is 0 Å². The fourth-order valence-electron chi connectivity index (χ4n) is 2.57. The Hall–Kier alpha value is -1.30. The summed E-state index contributed by atoms with van der Waals surface area (Å²) in [6.07, 6.45) is 3.43. The van der Waals surface area contributed by atoms with Crippen molar-refractivity contribution in [3.05, 3.63) is 0 Å². The van der Waals surface area contributed by atoms with Crippen LogP contribution < -0.4 is 10.6 Å². The zero-order valence-electron chi connectivity index (χ0n) is 13.6. The Bertz CT molecular complexity index is 366. The number of likely N-dealkylation sites (tertiary alicyclic amines) is 1. The molecule has 0 aromatic heterocycles. The first-order valence-electron chi connectivity index (χ1n) is 7.66. The van der Waals surface area contributed by atoms with Gasteiger partial charge >= 0.3 is 12.0 Å². The van der Waals surface area contributed by atoms with Gasteiger partial charge < -0.3 is 20.6 Å². The van der Waals surface area contributed by atoms with Gasteiger partial charge in [0.15, 0.2) is 0 Å². The number of nitrogens with one attached hydrogen (secondary N) is 2. The van der Waals surface area contributed by atoms with Crippen molar-refractivity contribution in [2.24, 2.45) is 5.41 Å². The molecule has 2 unspecified atom stereocenters. The fourth-order valence-corrected chi connectivity index (χ4v) is 2.57. The van der Waals surface area contributed by atoms with Gasteiger partial charge in [-0.25, -0.2) is 4.79 Å². The molecule has 1 aliphatic heterocycles. The summed E-state index contributed by atoms with van der Waals surface area (Å²) in [5.41, 5.74) is -0.294. The molecular weight excluding hydrogens is 270 g/mol. The van der Waals surface area contributed by atoms with Crippen molar-refractivity contribution in [3.63, 3.8) is 0 Å². The van der Waals surface area contributed by atoms with E-state index in [2.05, 4.69) is 22.6 Å². The van der Waals surface area contributed by atoms with Crippen molar-refractivity contribution in [1.29, 1.82) is 0 Å². The molecule has 122 valence electrons. The highest BCUT2D eigenvalue weighted by atomic mass is 16.4. The van der Waals surface area contributed by atoms with Gasteiger partial charge in [-0.2, -0.15) is 0 Å². The standard InChI is InChI=1S/C15H29N3O3/c1-15(2,3)12(9-13(19)20)17-14(21)16-10-11-7-5-6-8-18(11)4/h11-12H,5-10H2,1-4H3,(H,19,20)(H2,16,17,21). The second-order valence-electron chi connectivity index (χ2n) is 7.00. The highest BCUT2D eigenvalue weighted by molar-refractivity contribution is 5.75. The lowest BCUT2D eigenvalue weighted by Gasteiger charge is -2.33. The molecular formula is C15H29N3O3. The predicted molar refractivity (Wildman–Crippen MR) is 82.3 cm³/mol. The second-order valence-corrected chi connectivity index (χ2v) is 7.00. The number of carboxylic acid groups (broad SMARTS) is 1. The lowest BCUT2D eigenvalue weighted by Crippen LogP contribution is -2.52. The van der Waals surface area contributed by atoms with Crippen LogP contribution >= 0.6 is 0 Å². The molecule has 2 amide bonds. The lowest BCUT2D eigenvalue weighted by molar-refractivity contribution is -0.138. The van der Waals surface area contributed by atoms with Crippen LogP contribution in [0.15, 0.2) is 0 Å². The molecule has 6 heteroatoms. The molecule has 0 spiro atoms. The summed E-state index contributed by atoms with van der Waals surface area (Å²) in [7, 11) is 2.08. The molecule has 6 nitrogen and oxygen atoms in total. The zero-order chi connectivity index (χ0) is 16.0. The minimum atomic E-state index is -0.901. The summed E-state index contributed by atoms with van der Waals surface area (Å²) in [6, 6.07) is -0.300. The monoisotopic (exact) mass is 299 g/mol. The van der Waals surface area contributed by atoms with Crippen LogP contribution in [-0.2, 0) is 4.79 Å². The third-order valence-corrected chi connectivity index (χ3v) is 4.15. The van der Waals surface area contributed by atoms with Crippen LogP contribution in [-0.4, -0.2) is 54.2 Å². The maximum absolute atomic E-state index is 12.0.